The van der Waals surface area contributed by atoms with Crippen molar-refractivity contribution in [1.29, 1.82) is 0 Å². The van der Waals surface area contributed by atoms with Crippen LogP contribution in [0.4, 0.5) is 0 Å². The largest absolute Gasteiger partial charge is 0.442 e. The molecule has 1 heterocycles. The standard InChI is InChI=1S/C13H13NO2/c1-3-9-7-11(8-10(9)4-2)12(15)13-14-5-6-16-13/h3-6,11H,1-2,7-8H2. The average Bonchev–Trinajstić information content (AvgIpc) is 2.96. The van der Waals surface area contributed by atoms with E-state index in [1.54, 1.807) is 12.2 Å². The van der Waals surface area contributed by atoms with Crippen molar-refractivity contribution in [3.05, 3.63) is 54.8 Å². The molecule has 0 atom stereocenters. The van der Waals surface area contributed by atoms with Gasteiger partial charge in [-0.2, -0.15) is 0 Å². The molecule has 0 fully saturated rings. The Morgan fingerprint density at radius 2 is 2.00 bits per heavy atom. The Bertz CT molecular complexity index is 434. The summed E-state index contributed by atoms with van der Waals surface area (Å²) in [5, 5.41) is 0. The van der Waals surface area contributed by atoms with Crippen molar-refractivity contribution in [2.45, 2.75) is 12.8 Å². The summed E-state index contributed by atoms with van der Waals surface area (Å²) in [5.41, 5.74) is 2.19. The molecule has 16 heavy (non-hydrogen) atoms. The van der Waals surface area contributed by atoms with Gasteiger partial charge < -0.3 is 4.42 Å². The summed E-state index contributed by atoms with van der Waals surface area (Å²) < 4.78 is 5.01. The van der Waals surface area contributed by atoms with Crippen LogP contribution in [0.3, 0.4) is 0 Å². The molecule has 0 amide bonds. The summed E-state index contributed by atoms with van der Waals surface area (Å²) in [6.45, 7) is 7.48. The molecule has 0 saturated carbocycles. The monoisotopic (exact) mass is 215 g/mol. The zero-order valence-corrected chi connectivity index (χ0v) is 8.98. The van der Waals surface area contributed by atoms with Gasteiger partial charge in [0, 0.05) is 5.92 Å². The maximum Gasteiger partial charge on any atom is 0.263 e. The van der Waals surface area contributed by atoms with Crippen LogP contribution in [0, 0.1) is 5.92 Å². The minimum Gasteiger partial charge on any atom is -0.442 e. The predicted octanol–water partition coefficient (Wildman–Crippen LogP) is 2.94. The van der Waals surface area contributed by atoms with E-state index < -0.39 is 0 Å². The second kappa shape index (κ2) is 4.31. The van der Waals surface area contributed by atoms with Crippen molar-refractivity contribution in [3.63, 3.8) is 0 Å². The van der Waals surface area contributed by atoms with E-state index in [4.69, 9.17) is 4.42 Å². The molecule has 0 N–H and O–H groups in total. The van der Waals surface area contributed by atoms with Crippen molar-refractivity contribution < 1.29 is 9.21 Å². The van der Waals surface area contributed by atoms with Crippen LogP contribution in [0.15, 0.2) is 53.3 Å². The van der Waals surface area contributed by atoms with Crippen LogP contribution in [0.1, 0.15) is 23.5 Å². The highest BCUT2D eigenvalue weighted by atomic mass is 16.3. The summed E-state index contributed by atoms with van der Waals surface area (Å²) in [4.78, 5) is 15.9. The minimum absolute atomic E-state index is 0.0406. The fourth-order valence-corrected chi connectivity index (χ4v) is 2.00. The van der Waals surface area contributed by atoms with E-state index in [0.29, 0.717) is 12.8 Å². The van der Waals surface area contributed by atoms with Crippen molar-refractivity contribution >= 4 is 5.78 Å². The quantitative estimate of drug-likeness (QED) is 0.725. The third-order valence-electron chi connectivity index (χ3n) is 2.85. The fourth-order valence-electron chi connectivity index (χ4n) is 2.00. The lowest BCUT2D eigenvalue weighted by atomic mass is 9.99. The van der Waals surface area contributed by atoms with Gasteiger partial charge in [-0.1, -0.05) is 25.3 Å². The smallest absolute Gasteiger partial charge is 0.263 e. The molecular formula is C13H13NO2. The lowest BCUT2D eigenvalue weighted by Gasteiger charge is -2.04. The van der Waals surface area contributed by atoms with Crippen molar-refractivity contribution in [2.24, 2.45) is 5.92 Å². The Labute approximate surface area is 94.2 Å². The van der Waals surface area contributed by atoms with Gasteiger partial charge in [0.15, 0.2) is 0 Å². The van der Waals surface area contributed by atoms with Gasteiger partial charge in [-0.05, 0) is 24.0 Å². The fraction of sp³-hybridized carbons (Fsp3) is 0.231. The SMILES string of the molecule is C=CC1=C(C=C)CC(C(=O)c2ncco2)C1. The third kappa shape index (κ3) is 1.76. The number of ketones is 1. The predicted molar refractivity (Wildman–Crippen MR) is 61.0 cm³/mol. The number of aromatic nitrogens is 1. The van der Waals surface area contributed by atoms with Crippen LogP contribution in [0.2, 0.25) is 0 Å². The highest BCUT2D eigenvalue weighted by Gasteiger charge is 2.30. The van der Waals surface area contributed by atoms with E-state index in [2.05, 4.69) is 18.1 Å². The van der Waals surface area contributed by atoms with Crippen LogP contribution in [0.5, 0.6) is 0 Å². The van der Waals surface area contributed by atoms with Crippen LogP contribution in [-0.4, -0.2) is 10.8 Å². The zero-order valence-electron chi connectivity index (χ0n) is 8.98. The van der Waals surface area contributed by atoms with Crippen LogP contribution < -0.4 is 0 Å². The number of nitrogens with zero attached hydrogens (tertiary/aromatic N) is 1. The maximum atomic E-state index is 12.0. The van der Waals surface area contributed by atoms with E-state index in [1.165, 1.54) is 12.5 Å². The van der Waals surface area contributed by atoms with Crippen molar-refractivity contribution in [2.75, 3.05) is 0 Å². The Kier molecular flexibility index (Phi) is 2.86. The van der Waals surface area contributed by atoms with E-state index in [9.17, 15) is 4.79 Å². The number of rotatable bonds is 4. The van der Waals surface area contributed by atoms with Gasteiger partial charge in [0.2, 0.25) is 5.78 Å². The lowest BCUT2D eigenvalue weighted by Crippen LogP contribution is -2.12. The first kappa shape index (κ1) is 10.6. The molecule has 0 saturated heterocycles. The molecule has 0 bridgehead atoms. The summed E-state index contributed by atoms with van der Waals surface area (Å²) in [5.74, 6) is 0.0691. The van der Waals surface area contributed by atoms with E-state index in [-0.39, 0.29) is 17.6 Å². The highest BCUT2D eigenvalue weighted by molar-refractivity contribution is 5.94. The molecule has 0 aliphatic heterocycles. The molecule has 1 aromatic heterocycles. The Balaban J connectivity index is 2.14. The molecule has 0 radical (unpaired) electrons. The Morgan fingerprint density at radius 3 is 2.44 bits per heavy atom. The van der Waals surface area contributed by atoms with Gasteiger partial charge in [0.1, 0.15) is 6.26 Å². The van der Waals surface area contributed by atoms with Crippen molar-refractivity contribution in [3.8, 4) is 0 Å². The summed E-state index contributed by atoms with van der Waals surface area (Å²) >= 11 is 0. The number of carbonyl (C=O) groups is 1. The summed E-state index contributed by atoms with van der Waals surface area (Å²) in [6.07, 6.45) is 7.88. The highest BCUT2D eigenvalue weighted by Crippen LogP contribution is 2.34. The molecule has 3 heteroatoms. The number of hydrogen-bond acceptors (Lipinski definition) is 3. The van der Waals surface area contributed by atoms with Crippen LogP contribution in [0.25, 0.3) is 0 Å². The topological polar surface area (TPSA) is 43.1 Å². The van der Waals surface area contributed by atoms with Gasteiger partial charge in [0.05, 0.1) is 6.20 Å². The van der Waals surface area contributed by atoms with Crippen LogP contribution >= 0.6 is 0 Å². The molecule has 1 aliphatic rings. The second-order valence-corrected chi connectivity index (χ2v) is 3.77. The van der Waals surface area contributed by atoms with E-state index in [0.717, 1.165) is 11.1 Å². The normalized spacial score (nSPS) is 16.5. The number of carbonyl (C=O) groups excluding carboxylic acids is 1. The Hall–Kier alpha value is -1.90. The number of hydrogen-bond donors (Lipinski definition) is 0. The van der Waals surface area contributed by atoms with Crippen molar-refractivity contribution in [1.82, 2.24) is 4.98 Å². The maximum absolute atomic E-state index is 12.0. The summed E-state index contributed by atoms with van der Waals surface area (Å²) in [6, 6.07) is 0. The molecule has 82 valence electrons. The molecule has 0 aromatic carbocycles. The second-order valence-electron chi connectivity index (χ2n) is 3.77. The third-order valence-corrected chi connectivity index (χ3v) is 2.85. The van der Waals surface area contributed by atoms with E-state index in [1.807, 2.05) is 0 Å². The van der Waals surface area contributed by atoms with Gasteiger partial charge in [-0.3, -0.25) is 4.79 Å². The minimum atomic E-state index is -0.0837. The Morgan fingerprint density at radius 1 is 1.38 bits per heavy atom. The first-order valence-corrected chi connectivity index (χ1v) is 5.17. The van der Waals surface area contributed by atoms with Gasteiger partial charge >= 0.3 is 0 Å². The average molecular weight is 215 g/mol. The first-order valence-electron chi connectivity index (χ1n) is 5.17. The lowest BCUT2D eigenvalue weighted by molar-refractivity contribution is 0.0889. The molecule has 1 aliphatic carbocycles. The molecular weight excluding hydrogens is 202 g/mol. The van der Waals surface area contributed by atoms with E-state index >= 15 is 0 Å². The molecule has 1 aromatic rings. The molecule has 0 spiro atoms. The van der Waals surface area contributed by atoms with Gasteiger partial charge in [-0.25, -0.2) is 4.98 Å². The first-order chi connectivity index (χ1) is 7.76. The summed E-state index contributed by atoms with van der Waals surface area (Å²) in [7, 11) is 0. The number of Topliss-reactive ketones (excluding diaryl/α,β-unsaturated/α-hetero) is 1. The molecule has 2 rings (SSSR count). The van der Waals surface area contributed by atoms with Gasteiger partial charge in [0.25, 0.3) is 5.89 Å². The molecule has 0 unspecified atom stereocenters. The number of oxazole rings is 1. The zero-order chi connectivity index (χ0) is 11.5. The van der Waals surface area contributed by atoms with Gasteiger partial charge in [-0.15, -0.1) is 0 Å². The number of allylic oxidation sites excluding steroid dienone is 4. The molecule has 3 nitrogen and oxygen atoms in total. The van der Waals surface area contributed by atoms with Crippen LogP contribution in [-0.2, 0) is 0 Å².